The average Bonchev–Trinajstić information content (AvgIpc) is 2.97. The number of alkyl carbamates (subject to hydrolysis) is 1. The van der Waals surface area contributed by atoms with Crippen LogP contribution in [-0.2, 0) is 11.2 Å². The largest absolute Gasteiger partial charge is 0.494 e. The molecule has 0 saturated carbocycles. The Bertz CT molecular complexity index is 1190. The Morgan fingerprint density at radius 1 is 1.09 bits per heavy atom. The first kappa shape index (κ1) is 23.0. The monoisotopic (exact) mass is 440 g/mol. The molecule has 2 aromatic carbocycles. The molecule has 7 nitrogen and oxygen atoms in total. The minimum atomic E-state index is -0.583. The quantitative estimate of drug-likeness (QED) is 0.572. The first-order valence-corrected chi connectivity index (χ1v) is 10.1. The lowest BCUT2D eigenvalue weighted by Gasteiger charge is -2.19. The van der Waals surface area contributed by atoms with Crippen LogP contribution in [-0.4, -0.2) is 39.6 Å². The summed E-state index contributed by atoms with van der Waals surface area (Å²) in [7, 11) is 0. The Morgan fingerprint density at radius 2 is 1.75 bits per heavy atom. The van der Waals surface area contributed by atoms with Crippen LogP contribution < -0.4 is 5.32 Å². The number of aromatic nitrogens is 1. The van der Waals surface area contributed by atoms with Gasteiger partial charge in [-0.25, -0.2) is 13.8 Å². The van der Waals surface area contributed by atoms with E-state index in [0.717, 1.165) is 16.2 Å². The van der Waals surface area contributed by atoms with Crippen LogP contribution in [0, 0.1) is 5.82 Å². The van der Waals surface area contributed by atoms with Gasteiger partial charge in [-0.05, 0) is 51.0 Å². The van der Waals surface area contributed by atoms with E-state index >= 15 is 0 Å². The fourth-order valence-corrected chi connectivity index (χ4v) is 3.38. The molecule has 0 radical (unpaired) electrons. The van der Waals surface area contributed by atoms with E-state index in [1.54, 1.807) is 45.0 Å². The molecule has 168 valence electrons. The highest BCUT2D eigenvalue weighted by Gasteiger charge is 2.25. The summed E-state index contributed by atoms with van der Waals surface area (Å²) >= 11 is 0. The molecule has 1 aromatic heterocycles. The number of halogens is 1. The number of hydrogen-bond donors (Lipinski definition) is 2. The van der Waals surface area contributed by atoms with Gasteiger partial charge in [0.15, 0.2) is 5.78 Å². The Balaban J connectivity index is 1.78. The van der Waals surface area contributed by atoms with Gasteiger partial charge in [-0.15, -0.1) is 0 Å². The molecule has 0 unspecified atom stereocenters. The number of nitrogens with zero attached hydrogens (tertiary/aromatic N) is 1. The maximum Gasteiger partial charge on any atom is 0.407 e. The van der Waals surface area contributed by atoms with Gasteiger partial charge in [0.05, 0.1) is 11.1 Å². The summed E-state index contributed by atoms with van der Waals surface area (Å²) in [5.41, 5.74) is 0.679. The van der Waals surface area contributed by atoms with Crippen LogP contribution in [0.25, 0.3) is 10.9 Å². The summed E-state index contributed by atoms with van der Waals surface area (Å²) in [6.45, 7) is 6.93. The lowest BCUT2D eigenvalue weighted by Crippen LogP contribution is -2.33. The molecule has 0 saturated heterocycles. The number of carbonyl (C=O) groups is 3. The van der Waals surface area contributed by atoms with Crippen LogP contribution in [0.3, 0.4) is 0 Å². The predicted molar refractivity (Wildman–Crippen MR) is 118 cm³/mol. The number of carbonyl (C=O) groups excluding carboxylic acids is 3. The Labute approximate surface area is 184 Å². The van der Waals surface area contributed by atoms with Crippen LogP contribution >= 0.6 is 0 Å². The predicted octanol–water partition coefficient (Wildman–Crippen LogP) is 4.44. The van der Waals surface area contributed by atoms with Crippen molar-refractivity contribution in [3.05, 3.63) is 65.0 Å². The van der Waals surface area contributed by atoms with Crippen LogP contribution in [0.15, 0.2) is 42.5 Å². The zero-order chi connectivity index (χ0) is 23.6. The summed E-state index contributed by atoms with van der Waals surface area (Å²) in [6.07, 6.45) is 0.0279. The van der Waals surface area contributed by atoms with E-state index in [9.17, 15) is 23.9 Å². The Kier molecular flexibility index (Phi) is 6.34. The molecule has 1 amide bonds. The normalized spacial score (nSPS) is 11.4. The molecule has 8 heteroatoms. The fourth-order valence-electron chi connectivity index (χ4n) is 3.38. The van der Waals surface area contributed by atoms with Crippen molar-refractivity contribution in [3.8, 4) is 5.88 Å². The van der Waals surface area contributed by atoms with Crippen molar-refractivity contribution in [1.82, 2.24) is 9.88 Å². The third-order valence-electron chi connectivity index (χ3n) is 4.75. The summed E-state index contributed by atoms with van der Waals surface area (Å²) in [6, 6.07) is 10.3. The van der Waals surface area contributed by atoms with E-state index in [1.807, 2.05) is 0 Å². The highest BCUT2D eigenvalue weighted by Crippen LogP contribution is 2.33. The zero-order valence-electron chi connectivity index (χ0n) is 18.4. The average molecular weight is 440 g/mol. The minimum absolute atomic E-state index is 0.0606. The van der Waals surface area contributed by atoms with Crippen molar-refractivity contribution < 1.29 is 28.6 Å². The lowest BCUT2D eigenvalue weighted by molar-refractivity contribution is 0.0528. The first-order chi connectivity index (χ1) is 15.0. The molecule has 0 atom stereocenters. The van der Waals surface area contributed by atoms with Crippen LogP contribution in [0.5, 0.6) is 5.88 Å². The van der Waals surface area contributed by atoms with Crippen molar-refractivity contribution in [2.24, 2.45) is 0 Å². The van der Waals surface area contributed by atoms with Gasteiger partial charge in [-0.1, -0.05) is 24.3 Å². The Hall–Kier alpha value is -3.68. The molecular formula is C24H25FN2O5. The van der Waals surface area contributed by atoms with Crippen molar-refractivity contribution in [1.29, 1.82) is 0 Å². The number of amides is 1. The van der Waals surface area contributed by atoms with Crippen molar-refractivity contribution >= 4 is 28.7 Å². The van der Waals surface area contributed by atoms with Crippen LogP contribution in [0.1, 0.15) is 54.0 Å². The van der Waals surface area contributed by atoms with Gasteiger partial charge in [0, 0.05) is 24.4 Å². The van der Waals surface area contributed by atoms with Crippen molar-refractivity contribution in [2.75, 3.05) is 6.54 Å². The number of ketones is 1. The van der Waals surface area contributed by atoms with E-state index in [2.05, 4.69) is 5.32 Å². The van der Waals surface area contributed by atoms with E-state index in [1.165, 1.54) is 19.1 Å². The molecular weight excluding hydrogens is 415 g/mol. The lowest BCUT2D eigenvalue weighted by atomic mass is 10.0. The number of nitrogens with one attached hydrogen (secondary N) is 1. The maximum atomic E-state index is 13.7. The number of benzene rings is 2. The molecule has 1 heterocycles. The molecule has 0 aliphatic carbocycles. The SMILES string of the molecule is CC(=O)n1c(O)c(C(=O)c2ccc(CCNC(=O)OC(C)(C)C)cc2)c2ccc(F)cc21. The first-order valence-electron chi connectivity index (χ1n) is 10.1. The van der Waals surface area contributed by atoms with Gasteiger partial charge in [0.25, 0.3) is 0 Å². The third-order valence-corrected chi connectivity index (χ3v) is 4.75. The van der Waals surface area contributed by atoms with Crippen LogP contribution in [0.4, 0.5) is 9.18 Å². The van der Waals surface area contributed by atoms with Crippen LogP contribution in [0.2, 0.25) is 0 Å². The van der Waals surface area contributed by atoms with Gasteiger partial charge in [-0.2, -0.15) is 0 Å². The number of fused-ring (bicyclic) bond motifs is 1. The van der Waals surface area contributed by atoms with E-state index < -0.39 is 35.1 Å². The standard InChI is InChI=1S/C24H25FN2O5/c1-14(28)27-19-13-17(25)9-10-18(19)20(22(27)30)21(29)16-7-5-15(6-8-16)11-12-26-23(31)32-24(2,3)4/h5-10,13,30H,11-12H2,1-4H3,(H,26,31). The second-order valence-corrected chi connectivity index (χ2v) is 8.42. The summed E-state index contributed by atoms with van der Waals surface area (Å²) in [4.78, 5) is 36.8. The molecule has 2 N–H and O–H groups in total. The van der Waals surface area contributed by atoms with Gasteiger partial charge in [0.2, 0.25) is 11.8 Å². The molecule has 0 aliphatic heterocycles. The molecule has 0 spiro atoms. The minimum Gasteiger partial charge on any atom is -0.494 e. The molecule has 0 bridgehead atoms. The number of rotatable bonds is 5. The van der Waals surface area contributed by atoms with Gasteiger partial charge >= 0.3 is 6.09 Å². The van der Waals surface area contributed by atoms with E-state index in [-0.39, 0.29) is 16.5 Å². The molecule has 0 aliphatic rings. The molecule has 3 rings (SSSR count). The maximum absolute atomic E-state index is 13.7. The third kappa shape index (κ3) is 4.96. The van der Waals surface area contributed by atoms with E-state index in [4.69, 9.17) is 4.74 Å². The smallest absolute Gasteiger partial charge is 0.407 e. The van der Waals surface area contributed by atoms with Gasteiger partial charge < -0.3 is 15.2 Å². The topological polar surface area (TPSA) is 97.6 Å². The summed E-state index contributed by atoms with van der Waals surface area (Å²) < 4.78 is 19.8. The van der Waals surface area contributed by atoms with Crippen molar-refractivity contribution in [3.63, 3.8) is 0 Å². The van der Waals surface area contributed by atoms with Crippen molar-refractivity contribution in [2.45, 2.75) is 39.7 Å². The van der Waals surface area contributed by atoms with Gasteiger partial charge in [-0.3, -0.25) is 9.59 Å². The summed E-state index contributed by atoms with van der Waals surface area (Å²) in [5, 5.41) is 13.5. The Morgan fingerprint density at radius 3 is 2.34 bits per heavy atom. The number of ether oxygens (including phenoxy) is 1. The molecule has 0 fully saturated rings. The number of hydrogen-bond acceptors (Lipinski definition) is 5. The van der Waals surface area contributed by atoms with E-state index in [0.29, 0.717) is 18.5 Å². The zero-order valence-corrected chi connectivity index (χ0v) is 18.4. The fraction of sp³-hybridized carbons (Fsp3) is 0.292. The molecule has 32 heavy (non-hydrogen) atoms. The molecule has 3 aromatic rings. The highest BCUT2D eigenvalue weighted by atomic mass is 19.1. The highest BCUT2D eigenvalue weighted by molar-refractivity contribution is 6.19. The second kappa shape index (κ2) is 8.82. The number of aromatic hydroxyl groups is 1. The second-order valence-electron chi connectivity index (χ2n) is 8.42. The van der Waals surface area contributed by atoms with Gasteiger partial charge in [0.1, 0.15) is 11.4 Å². The summed E-state index contributed by atoms with van der Waals surface area (Å²) in [5.74, 6) is -2.13.